The van der Waals surface area contributed by atoms with E-state index in [-0.39, 0.29) is 5.91 Å². The van der Waals surface area contributed by atoms with Crippen LogP contribution < -0.4 is 9.47 Å². The van der Waals surface area contributed by atoms with Gasteiger partial charge in [-0.05, 0) is 62.6 Å². The van der Waals surface area contributed by atoms with Gasteiger partial charge in [0.2, 0.25) is 5.91 Å². The van der Waals surface area contributed by atoms with Crippen LogP contribution in [0.15, 0.2) is 23.6 Å². The van der Waals surface area contributed by atoms with E-state index in [4.69, 9.17) is 14.5 Å². The largest absolute Gasteiger partial charge is 0.493 e. The Morgan fingerprint density at radius 2 is 1.73 bits per heavy atom. The van der Waals surface area contributed by atoms with Gasteiger partial charge < -0.3 is 14.4 Å². The van der Waals surface area contributed by atoms with Crippen LogP contribution in [0.4, 0.5) is 0 Å². The molecule has 6 heteroatoms. The Bertz CT molecular complexity index is 869. The van der Waals surface area contributed by atoms with Gasteiger partial charge >= 0.3 is 0 Å². The monoisotopic (exact) mass is 428 g/mol. The molecule has 0 aliphatic heterocycles. The molecule has 162 valence electrons. The predicted molar refractivity (Wildman–Crippen MR) is 120 cm³/mol. The van der Waals surface area contributed by atoms with E-state index in [1.54, 1.807) is 25.6 Å². The molecule has 2 aliphatic rings. The smallest absolute Gasteiger partial charge is 0.229 e. The highest BCUT2D eigenvalue weighted by atomic mass is 32.1. The quantitative estimate of drug-likeness (QED) is 0.570. The van der Waals surface area contributed by atoms with Crippen molar-refractivity contribution in [2.75, 3.05) is 14.2 Å². The second kappa shape index (κ2) is 9.38. The number of aromatic nitrogens is 1. The van der Waals surface area contributed by atoms with Crippen molar-refractivity contribution in [2.45, 2.75) is 70.4 Å². The number of carbonyl (C=O) groups is 1. The molecule has 0 atom stereocenters. The van der Waals surface area contributed by atoms with Crippen molar-refractivity contribution in [1.82, 2.24) is 9.88 Å². The average Bonchev–Trinajstić information content (AvgIpc) is 3.50. The van der Waals surface area contributed by atoms with Crippen molar-refractivity contribution in [3.05, 3.63) is 29.3 Å². The highest BCUT2D eigenvalue weighted by Crippen LogP contribution is 2.37. The number of methoxy groups -OCH3 is 2. The lowest BCUT2D eigenvalue weighted by Gasteiger charge is -2.37. The molecule has 30 heavy (non-hydrogen) atoms. The first-order valence-electron chi connectivity index (χ1n) is 11.1. The highest BCUT2D eigenvalue weighted by molar-refractivity contribution is 7.13. The van der Waals surface area contributed by atoms with Gasteiger partial charge in [0.05, 0.1) is 26.3 Å². The standard InChI is InChI=1S/C24H32N2O3S/c1-4-16-5-8-19(9-6-16)26(20-10-11-20)23(27)14-18-15-30-24(25-18)17-7-12-21(28-2)22(13-17)29-3/h7,12-13,15-16,19-20H,4-6,8-11,14H2,1-3H3. The highest BCUT2D eigenvalue weighted by Gasteiger charge is 2.38. The summed E-state index contributed by atoms with van der Waals surface area (Å²) in [6.07, 6.45) is 8.83. The van der Waals surface area contributed by atoms with Crippen molar-refractivity contribution >= 4 is 17.2 Å². The van der Waals surface area contributed by atoms with Gasteiger partial charge in [0, 0.05) is 23.0 Å². The van der Waals surface area contributed by atoms with E-state index in [1.807, 2.05) is 23.6 Å². The van der Waals surface area contributed by atoms with Gasteiger partial charge in [0.25, 0.3) is 0 Å². The molecule has 2 fully saturated rings. The van der Waals surface area contributed by atoms with Crippen LogP contribution in [0.5, 0.6) is 11.5 Å². The Balaban J connectivity index is 1.44. The topological polar surface area (TPSA) is 51.7 Å². The molecule has 5 nitrogen and oxygen atoms in total. The minimum atomic E-state index is 0.251. The summed E-state index contributed by atoms with van der Waals surface area (Å²) in [7, 11) is 3.26. The van der Waals surface area contributed by atoms with E-state index in [0.29, 0.717) is 30.0 Å². The fraction of sp³-hybridized carbons (Fsp3) is 0.583. The van der Waals surface area contributed by atoms with Crippen LogP contribution in [0.3, 0.4) is 0 Å². The zero-order chi connectivity index (χ0) is 21.1. The molecule has 2 aliphatic carbocycles. The lowest BCUT2D eigenvalue weighted by molar-refractivity contribution is -0.134. The van der Waals surface area contributed by atoms with Gasteiger partial charge in [-0.15, -0.1) is 11.3 Å². The Kier molecular flexibility index (Phi) is 6.61. The van der Waals surface area contributed by atoms with Crippen molar-refractivity contribution < 1.29 is 14.3 Å². The zero-order valence-corrected chi connectivity index (χ0v) is 19.0. The molecule has 1 aromatic carbocycles. The number of hydrogen-bond donors (Lipinski definition) is 0. The third-order valence-electron chi connectivity index (χ3n) is 6.53. The van der Waals surface area contributed by atoms with E-state index in [1.165, 1.54) is 19.3 Å². The van der Waals surface area contributed by atoms with Crippen molar-refractivity contribution in [3.8, 4) is 22.1 Å². The average molecular weight is 429 g/mol. The number of rotatable bonds is 8. The summed E-state index contributed by atoms with van der Waals surface area (Å²) >= 11 is 1.57. The van der Waals surface area contributed by atoms with Crippen LogP contribution in [-0.4, -0.2) is 42.1 Å². The number of carbonyl (C=O) groups excluding carboxylic acids is 1. The maximum absolute atomic E-state index is 13.2. The summed E-state index contributed by atoms with van der Waals surface area (Å²) in [4.78, 5) is 20.2. The fourth-order valence-corrected chi connectivity index (χ4v) is 5.44. The molecule has 1 heterocycles. The lowest BCUT2D eigenvalue weighted by atomic mass is 9.83. The Labute approximate surface area is 183 Å². The number of hydrogen-bond acceptors (Lipinski definition) is 5. The van der Waals surface area contributed by atoms with Crippen LogP contribution in [0.1, 0.15) is 57.6 Å². The first-order chi connectivity index (χ1) is 14.6. The second-order valence-corrected chi connectivity index (χ2v) is 9.36. The number of nitrogens with zero attached hydrogens (tertiary/aromatic N) is 2. The van der Waals surface area contributed by atoms with Gasteiger partial charge in [-0.1, -0.05) is 13.3 Å². The number of ether oxygens (including phenoxy) is 2. The van der Waals surface area contributed by atoms with E-state index in [9.17, 15) is 4.79 Å². The van der Waals surface area contributed by atoms with Gasteiger partial charge in [-0.25, -0.2) is 4.98 Å². The van der Waals surface area contributed by atoms with Gasteiger partial charge in [-0.3, -0.25) is 4.79 Å². The zero-order valence-electron chi connectivity index (χ0n) is 18.2. The van der Waals surface area contributed by atoms with Crippen LogP contribution in [0.25, 0.3) is 10.6 Å². The van der Waals surface area contributed by atoms with Gasteiger partial charge in [-0.2, -0.15) is 0 Å². The summed E-state index contributed by atoms with van der Waals surface area (Å²) in [6.45, 7) is 2.28. The Hall–Kier alpha value is -2.08. The first kappa shape index (κ1) is 21.2. The first-order valence-corrected chi connectivity index (χ1v) is 12.0. The maximum atomic E-state index is 13.2. The molecule has 2 aromatic rings. The molecule has 2 saturated carbocycles. The molecule has 1 amide bonds. The normalized spacial score (nSPS) is 21.3. The molecule has 4 rings (SSSR count). The fourth-order valence-electron chi connectivity index (χ4n) is 4.63. The van der Waals surface area contributed by atoms with Crippen LogP contribution in [0.2, 0.25) is 0 Å². The van der Waals surface area contributed by atoms with Crippen molar-refractivity contribution in [2.24, 2.45) is 5.92 Å². The second-order valence-electron chi connectivity index (χ2n) is 8.51. The molecule has 1 aromatic heterocycles. The van der Waals surface area contributed by atoms with E-state index < -0.39 is 0 Å². The summed E-state index contributed by atoms with van der Waals surface area (Å²) in [5, 5.41) is 2.92. The molecular weight excluding hydrogens is 396 g/mol. The summed E-state index contributed by atoms with van der Waals surface area (Å²) in [5.41, 5.74) is 1.84. The van der Waals surface area contributed by atoms with Gasteiger partial charge in [0.15, 0.2) is 11.5 Å². The Morgan fingerprint density at radius 3 is 2.33 bits per heavy atom. The molecule has 0 spiro atoms. The summed E-state index contributed by atoms with van der Waals surface area (Å²) in [5.74, 6) is 2.48. The van der Waals surface area contributed by atoms with Crippen LogP contribution in [0, 0.1) is 5.92 Å². The minimum Gasteiger partial charge on any atom is -0.493 e. The number of amides is 1. The van der Waals surface area contributed by atoms with Crippen LogP contribution >= 0.6 is 11.3 Å². The molecule has 0 saturated heterocycles. The number of benzene rings is 1. The molecular formula is C24H32N2O3S. The number of thiazole rings is 1. The molecule has 0 bridgehead atoms. The van der Waals surface area contributed by atoms with Crippen LogP contribution in [-0.2, 0) is 11.2 Å². The summed E-state index contributed by atoms with van der Waals surface area (Å²) in [6, 6.07) is 6.70. The summed E-state index contributed by atoms with van der Waals surface area (Å²) < 4.78 is 10.7. The predicted octanol–water partition coefficient (Wildman–Crippen LogP) is 5.33. The third kappa shape index (κ3) is 4.64. The SMILES string of the molecule is CCC1CCC(N(C(=O)Cc2csc(-c3ccc(OC)c(OC)c3)n2)C2CC2)CC1. The van der Waals surface area contributed by atoms with Crippen molar-refractivity contribution in [3.63, 3.8) is 0 Å². The van der Waals surface area contributed by atoms with E-state index in [2.05, 4.69) is 11.8 Å². The minimum absolute atomic E-state index is 0.251. The maximum Gasteiger partial charge on any atom is 0.229 e. The molecule has 0 unspecified atom stereocenters. The van der Waals surface area contributed by atoms with E-state index in [0.717, 1.165) is 47.9 Å². The lowest BCUT2D eigenvalue weighted by Crippen LogP contribution is -2.44. The van der Waals surface area contributed by atoms with Gasteiger partial charge in [0.1, 0.15) is 5.01 Å². The van der Waals surface area contributed by atoms with Crippen molar-refractivity contribution in [1.29, 1.82) is 0 Å². The van der Waals surface area contributed by atoms with E-state index >= 15 is 0 Å². The third-order valence-corrected chi connectivity index (χ3v) is 7.47. The Morgan fingerprint density at radius 1 is 1.07 bits per heavy atom. The molecule has 0 N–H and O–H groups in total. The molecule has 0 radical (unpaired) electrons.